The molecule has 8 heteroatoms. The van der Waals surface area contributed by atoms with E-state index in [1.807, 2.05) is 32.0 Å². The number of benzene rings is 1. The van der Waals surface area contributed by atoms with Gasteiger partial charge in [-0.3, -0.25) is 14.5 Å². The Morgan fingerprint density at radius 3 is 2.80 bits per heavy atom. The SMILES string of the molecule is Cc1cccc(C)c1OC[C@@H](O)CNc1nc2c(cnn2C)c(=O)[nH]1. The van der Waals surface area contributed by atoms with E-state index in [1.54, 1.807) is 7.05 Å². The van der Waals surface area contributed by atoms with E-state index >= 15 is 0 Å². The first kappa shape index (κ1) is 17.0. The van der Waals surface area contributed by atoms with E-state index in [2.05, 4.69) is 20.4 Å². The van der Waals surface area contributed by atoms with Crippen LogP contribution < -0.4 is 15.6 Å². The third-order valence-electron chi connectivity index (χ3n) is 3.94. The molecule has 0 amide bonds. The highest BCUT2D eigenvalue weighted by molar-refractivity contribution is 5.74. The van der Waals surface area contributed by atoms with Crippen molar-refractivity contribution in [1.29, 1.82) is 0 Å². The summed E-state index contributed by atoms with van der Waals surface area (Å²) < 4.78 is 7.25. The van der Waals surface area contributed by atoms with Crippen molar-refractivity contribution < 1.29 is 9.84 Å². The molecule has 3 N–H and O–H groups in total. The van der Waals surface area contributed by atoms with Gasteiger partial charge in [-0.25, -0.2) is 0 Å². The van der Waals surface area contributed by atoms with E-state index < -0.39 is 6.10 Å². The summed E-state index contributed by atoms with van der Waals surface area (Å²) in [5.41, 5.74) is 2.25. The van der Waals surface area contributed by atoms with Gasteiger partial charge in [0.25, 0.3) is 5.56 Å². The Hall–Kier alpha value is -2.87. The van der Waals surface area contributed by atoms with Crippen molar-refractivity contribution >= 4 is 17.0 Å². The van der Waals surface area contributed by atoms with Crippen molar-refractivity contribution in [2.24, 2.45) is 7.05 Å². The fourth-order valence-electron chi connectivity index (χ4n) is 2.60. The molecular formula is C17H21N5O3. The van der Waals surface area contributed by atoms with E-state index in [-0.39, 0.29) is 24.7 Å². The lowest BCUT2D eigenvalue weighted by Gasteiger charge is -2.16. The number of para-hydroxylation sites is 1. The lowest BCUT2D eigenvalue weighted by Crippen LogP contribution is -2.28. The van der Waals surface area contributed by atoms with E-state index in [4.69, 9.17) is 4.74 Å². The van der Waals surface area contributed by atoms with Crippen LogP contribution >= 0.6 is 0 Å². The first-order valence-electron chi connectivity index (χ1n) is 7.98. The maximum atomic E-state index is 12.0. The first-order chi connectivity index (χ1) is 12.0. The number of rotatable bonds is 6. The number of aliphatic hydroxyl groups excluding tert-OH is 1. The highest BCUT2D eigenvalue weighted by Crippen LogP contribution is 2.22. The molecule has 0 radical (unpaired) electrons. The number of aliphatic hydroxyl groups is 1. The molecule has 0 aliphatic heterocycles. The second-order valence-electron chi connectivity index (χ2n) is 5.99. The Morgan fingerprint density at radius 1 is 1.36 bits per heavy atom. The molecule has 1 aromatic carbocycles. The van der Waals surface area contributed by atoms with Gasteiger partial charge in [0.2, 0.25) is 5.95 Å². The molecule has 3 rings (SSSR count). The second-order valence-corrected chi connectivity index (χ2v) is 5.99. The summed E-state index contributed by atoms with van der Waals surface area (Å²) in [5, 5.41) is 17.5. The molecule has 0 unspecified atom stereocenters. The minimum atomic E-state index is -0.758. The number of hydrogen-bond donors (Lipinski definition) is 3. The maximum Gasteiger partial charge on any atom is 0.263 e. The highest BCUT2D eigenvalue weighted by Gasteiger charge is 2.11. The minimum absolute atomic E-state index is 0.136. The van der Waals surface area contributed by atoms with Crippen LogP contribution in [0.5, 0.6) is 5.75 Å². The first-order valence-corrected chi connectivity index (χ1v) is 7.98. The van der Waals surface area contributed by atoms with Gasteiger partial charge in [0.15, 0.2) is 5.65 Å². The summed E-state index contributed by atoms with van der Waals surface area (Å²) in [4.78, 5) is 18.9. The van der Waals surface area contributed by atoms with Gasteiger partial charge >= 0.3 is 0 Å². The third kappa shape index (κ3) is 3.63. The van der Waals surface area contributed by atoms with E-state index in [0.29, 0.717) is 11.0 Å². The zero-order valence-electron chi connectivity index (χ0n) is 14.4. The number of hydrogen-bond acceptors (Lipinski definition) is 6. The zero-order chi connectivity index (χ0) is 18.0. The van der Waals surface area contributed by atoms with Gasteiger partial charge in [0.1, 0.15) is 23.8 Å². The molecule has 8 nitrogen and oxygen atoms in total. The van der Waals surface area contributed by atoms with Crippen molar-refractivity contribution in [1.82, 2.24) is 19.7 Å². The van der Waals surface area contributed by atoms with Crippen molar-refractivity contribution in [3.63, 3.8) is 0 Å². The summed E-state index contributed by atoms with van der Waals surface area (Å²) in [6.45, 7) is 4.25. The van der Waals surface area contributed by atoms with E-state index in [0.717, 1.165) is 16.9 Å². The Bertz CT molecular complexity index is 927. The van der Waals surface area contributed by atoms with Crippen molar-refractivity contribution in [2.45, 2.75) is 20.0 Å². The predicted molar refractivity (Wildman–Crippen MR) is 95.0 cm³/mol. The molecule has 0 saturated heterocycles. The second kappa shape index (κ2) is 6.94. The lowest BCUT2D eigenvalue weighted by atomic mass is 10.1. The molecule has 25 heavy (non-hydrogen) atoms. The number of anilines is 1. The van der Waals surface area contributed by atoms with Gasteiger partial charge in [-0.2, -0.15) is 10.1 Å². The van der Waals surface area contributed by atoms with Crippen molar-refractivity contribution in [3.05, 3.63) is 45.9 Å². The normalized spacial score (nSPS) is 12.3. The fourth-order valence-corrected chi connectivity index (χ4v) is 2.60. The maximum absolute atomic E-state index is 12.0. The Kier molecular flexibility index (Phi) is 4.71. The van der Waals surface area contributed by atoms with Crippen LogP contribution in [0.25, 0.3) is 11.0 Å². The van der Waals surface area contributed by atoms with Crippen LogP contribution in [0.3, 0.4) is 0 Å². The molecule has 0 spiro atoms. The number of nitrogens with zero attached hydrogens (tertiary/aromatic N) is 3. The summed E-state index contributed by atoms with van der Waals surface area (Å²) in [6.07, 6.45) is 0.713. The molecule has 0 aliphatic rings. The van der Waals surface area contributed by atoms with Gasteiger partial charge in [-0.05, 0) is 25.0 Å². The number of aromatic amines is 1. The predicted octanol–water partition coefficient (Wildman–Crippen LogP) is 1.13. The molecule has 3 aromatic rings. The van der Waals surface area contributed by atoms with Crippen LogP contribution in [0.15, 0.2) is 29.2 Å². The smallest absolute Gasteiger partial charge is 0.263 e. The molecule has 2 heterocycles. The average Bonchev–Trinajstić information content (AvgIpc) is 2.94. The van der Waals surface area contributed by atoms with Gasteiger partial charge in [0, 0.05) is 13.6 Å². The fraction of sp³-hybridized carbons (Fsp3) is 0.353. The monoisotopic (exact) mass is 343 g/mol. The lowest BCUT2D eigenvalue weighted by molar-refractivity contribution is 0.116. The number of H-pyrrole nitrogens is 1. The van der Waals surface area contributed by atoms with Gasteiger partial charge in [-0.15, -0.1) is 0 Å². The minimum Gasteiger partial charge on any atom is -0.490 e. The van der Waals surface area contributed by atoms with E-state index in [1.165, 1.54) is 10.9 Å². The number of nitrogens with one attached hydrogen (secondary N) is 2. The molecular weight excluding hydrogens is 322 g/mol. The van der Waals surface area contributed by atoms with Crippen LogP contribution in [0.4, 0.5) is 5.95 Å². The summed E-state index contributed by atoms with van der Waals surface area (Å²) in [5.74, 6) is 1.07. The number of fused-ring (bicyclic) bond motifs is 1. The highest BCUT2D eigenvalue weighted by atomic mass is 16.5. The number of aryl methyl sites for hydroxylation is 3. The Labute approximate surface area is 144 Å². The number of aromatic nitrogens is 4. The van der Waals surface area contributed by atoms with Crippen LogP contribution in [0.1, 0.15) is 11.1 Å². The molecule has 0 saturated carbocycles. The average molecular weight is 343 g/mol. The molecule has 1 atom stereocenters. The van der Waals surface area contributed by atoms with E-state index in [9.17, 15) is 9.90 Å². The molecule has 0 bridgehead atoms. The largest absolute Gasteiger partial charge is 0.490 e. The summed E-state index contributed by atoms with van der Waals surface area (Å²) in [7, 11) is 1.71. The third-order valence-corrected chi connectivity index (χ3v) is 3.94. The molecule has 132 valence electrons. The quantitative estimate of drug-likeness (QED) is 0.619. The van der Waals surface area contributed by atoms with Crippen LogP contribution in [-0.2, 0) is 7.05 Å². The molecule has 0 fully saturated rings. The Morgan fingerprint density at radius 2 is 2.08 bits per heavy atom. The van der Waals surface area contributed by atoms with Gasteiger partial charge < -0.3 is 15.2 Å². The van der Waals surface area contributed by atoms with Gasteiger partial charge in [-0.1, -0.05) is 18.2 Å². The van der Waals surface area contributed by atoms with Crippen LogP contribution in [0.2, 0.25) is 0 Å². The summed E-state index contributed by atoms with van der Waals surface area (Å²) in [6, 6.07) is 5.89. The van der Waals surface area contributed by atoms with Crippen LogP contribution in [-0.4, -0.2) is 44.1 Å². The van der Waals surface area contributed by atoms with Crippen molar-refractivity contribution in [2.75, 3.05) is 18.5 Å². The molecule has 2 aromatic heterocycles. The standard InChI is InChI=1S/C17H21N5O3/c1-10-5-4-6-11(2)14(10)25-9-12(23)7-18-17-20-15-13(16(24)21-17)8-19-22(15)3/h4-6,8,12,23H,7,9H2,1-3H3,(H2,18,20,21,24)/t12-/m0/s1. The Balaban J connectivity index is 1.62. The van der Waals surface area contributed by atoms with Crippen LogP contribution in [0, 0.1) is 13.8 Å². The molecule has 0 aliphatic carbocycles. The topological polar surface area (TPSA) is 105 Å². The summed E-state index contributed by atoms with van der Waals surface area (Å²) >= 11 is 0. The van der Waals surface area contributed by atoms with Crippen molar-refractivity contribution in [3.8, 4) is 5.75 Å². The number of ether oxygens (including phenoxy) is 1. The van der Waals surface area contributed by atoms with Gasteiger partial charge in [0.05, 0.1) is 6.20 Å². The zero-order valence-corrected chi connectivity index (χ0v) is 14.4.